The van der Waals surface area contributed by atoms with Gasteiger partial charge in [0.2, 0.25) is 0 Å². The Kier molecular flexibility index (Phi) is 5.18. The summed E-state index contributed by atoms with van der Waals surface area (Å²) in [6.07, 6.45) is 2.15. The van der Waals surface area contributed by atoms with E-state index in [9.17, 15) is 13.2 Å². The van der Waals surface area contributed by atoms with Gasteiger partial charge in [0.15, 0.2) is 0 Å². The number of alkyl halides is 3. The third-order valence-electron chi connectivity index (χ3n) is 5.32. The number of halogens is 3. The number of piperidine rings is 1. The van der Waals surface area contributed by atoms with E-state index >= 15 is 0 Å². The van der Waals surface area contributed by atoms with Gasteiger partial charge in [-0.2, -0.15) is 13.2 Å². The number of nitrogens with zero attached hydrogens (tertiary/aromatic N) is 6. The van der Waals surface area contributed by atoms with E-state index in [-0.39, 0.29) is 12.1 Å². The fourth-order valence-corrected chi connectivity index (χ4v) is 3.85. The third kappa shape index (κ3) is 4.40. The van der Waals surface area contributed by atoms with Crippen LogP contribution in [0.2, 0.25) is 0 Å². The minimum atomic E-state index is -4.45. The van der Waals surface area contributed by atoms with Crippen molar-refractivity contribution < 1.29 is 13.2 Å². The summed E-state index contributed by atoms with van der Waals surface area (Å²) < 4.78 is 39.2. The van der Waals surface area contributed by atoms with Gasteiger partial charge in [-0.15, -0.1) is 0 Å². The van der Waals surface area contributed by atoms with Crippen LogP contribution in [0.1, 0.15) is 42.9 Å². The quantitative estimate of drug-likeness (QED) is 0.779. The Bertz CT molecular complexity index is 815. The Morgan fingerprint density at radius 3 is 2.43 bits per heavy atom. The van der Waals surface area contributed by atoms with Crippen molar-refractivity contribution in [1.82, 2.24) is 24.8 Å². The first kappa shape index (κ1) is 19.0. The Morgan fingerprint density at radius 2 is 1.79 bits per heavy atom. The van der Waals surface area contributed by atoms with Crippen molar-refractivity contribution in [1.29, 1.82) is 0 Å². The summed E-state index contributed by atoms with van der Waals surface area (Å²) in [5.41, 5.74) is 0.121. The van der Waals surface area contributed by atoms with E-state index in [4.69, 9.17) is 0 Å². The second-order valence-electron chi connectivity index (χ2n) is 7.50. The van der Waals surface area contributed by atoms with Gasteiger partial charge in [0, 0.05) is 44.0 Å². The molecule has 0 radical (unpaired) electrons. The average Bonchev–Trinajstić information content (AvgIpc) is 3.48. The van der Waals surface area contributed by atoms with E-state index in [2.05, 4.69) is 29.7 Å². The van der Waals surface area contributed by atoms with Gasteiger partial charge in [0.25, 0.3) is 0 Å². The predicted octanol–water partition coefficient (Wildman–Crippen LogP) is 3.23. The van der Waals surface area contributed by atoms with Crippen molar-refractivity contribution in [2.45, 2.75) is 57.4 Å². The van der Waals surface area contributed by atoms with Crippen molar-refractivity contribution in [3.05, 3.63) is 41.9 Å². The molecule has 0 N–H and O–H groups in total. The summed E-state index contributed by atoms with van der Waals surface area (Å²) in [5, 5.41) is 0. The molecule has 0 amide bonds. The minimum Gasteiger partial charge on any atom is -0.350 e. The van der Waals surface area contributed by atoms with E-state index in [0.29, 0.717) is 5.82 Å². The number of hydrogen-bond acceptors (Lipinski definition) is 6. The van der Waals surface area contributed by atoms with E-state index in [1.54, 1.807) is 6.20 Å². The van der Waals surface area contributed by atoms with Gasteiger partial charge in [-0.25, -0.2) is 19.9 Å². The molecule has 1 aliphatic heterocycles. The van der Waals surface area contributed by atoms with Gasteiger partial charge in [0.1, 0.15) is 23.7 Å². The molecule has 0 unspecified atom stereocenters. The maximum absolute atomic E-state index is 13.1. The number of aryl methyl sites for hydroxylation is 1. The molecule has 1 saturated heterocycles. The third-order valence-corrected chi connectivity index (χ3v) is 5.32. The molecule has 150 valence electrons. The molecule has 2 aliphatic rings. The first-order valence-electron chi connectivity index (χ1n) is 9.58. The smallest absolute Gasteiger partial charge is 0.350 e. The van der Waals surface area contributed by atoms with Crippen LogP contribution in [0.5, 0.6) is 0 Å². The zero-order chi connectivity index (χ0) is 19.7. The summed E-state index contributed by atoms with van der Waals surface area (Å²) in [6.45, 7) is 4.41. The molecule has 2 fully saturated rings. The highest BCUT2D eigenvalue weighted by Crippen LogP contribution is 2.37. The number of anilines is 1. The van der Waals surface area contributed by atoms with E-state index in [0.717, 1.165) is 69.2 Å². The van der Waals surface area contributed by atoms with Gasteiger partial charge in [0.05, 0.1) is 5.69 Å². The van der Waals surface area contributed by atoms with E-state index < -0.39 is 11.9 Å². The summed E-state index contributed by atoms with van der Waals surface area (Å²) in [5.74, 6) is 1.16. The fourth-order valence-electron chi connectivity index (χ4n) is 3.85. The Morgan fingerprint density at radius 1 is 1.07 bits per heavy atom. The Labute approximate surface area is 161 Å². The summed E-state index contributed by atoms with van der Waals surface area (Å²) in [7, 11) is 0. The number of rotatable bonds is 5. The summed E-state index contributed by atoms with van der Waals surface area (Å²) >= 11 is 0. The highest BCUT2D eigenvalue weighted by molar-refractivity contribution is 5.44. The van der Waals surface area contributed by atoms with Crippen molar-refractivity contribution in [2.24, 2.45) is 0 Å². The molecule has 1 aliphatic carbocycles. The van der Waals surface area contributed by atoms with Crippen LogP contribution in [0.4, 0.5) is 19.0 Å². The second kappa shape index (κ2) is 7.62. The fraction of sp³-hybridized carbons (Fsp3) is 0.579. The number of aromatic nitrogens is 4. The van der Waals surface area contributed by atoms with Gasteiger partial charge in [-0.05, 0) is 38.7 Å². The van der Waals surface area contributed by atoms with Crippen LogP contribution < -0.4 is 4.90 Å². The molecule has 4 rings (SSSR count). The monoisotopic (exact) mass is 392 g/mol. The molecule has 6 nitrogen and oxygen atoms in total. The minimum absolute atomic E-state index is 0.201. The molecule has 1 saturated carbocycles. The van der Waals surface area contributed by atoms with Crippen LogP contribution in [0.3, 0.4) is 0 Å². The van der Waals surface area contributed by atoms with Crippen molar-refractivity contribution in [3.63, 3.8) is 0 Å². The molecular formula is C19H23F3N6. The average molecular weight is 392 g/mol. The number of likely N-dealkylation sites (tertiary alicyclic amines) is 1. The predicted molar refractivity (Wildman–Crippen MR) is 97.6 cm³/mol. The van der Waals surface area contributed by atoms with Crippen molar-refractivity contribution >= 4 is 5.82 Å². The van der Waals surface area contributed by atoms with Crippen LogP contribution in [0.15, 0.2) is 24.7 Å². The first-order chi connectivity index (χ1) is 13.4. The van der Waals surface area contributed by atoms with Gasteiger partial charge in [-0.1, -0.05) is 0 Å². The van der Waals surface area contributed by atoms with E-state index in [1.807, 2.05) is 13.0 Å². The van der Waals surface area contributed by atoms with Gasteiger partial charge < -0.3 is 4.90 Å². The zero-order valence-electron chi connectivity index (χ0n) is 15.7. The van der Waals surface area contributed by atoms with Crippen molar-refractivity contribution in [3.8, 4) is 0 Å². The lowest BCUT2D eigenvalue weighted by Gasteiger charge is -2.39. The molecule has 9 heteroatoms. The second-order valence-corrected chi connectivity index (χ2v) is 7.50. The molecule has 0 aromatic carbocycles. The zero-order valence-corrected chi connectivity index (χ0v) is 15.7. The lowest BCUT2D eigenvalue weighted by Crippen LogP contribution is -2.46. The topological polar surface area (TPSA) is 58.0 Å². The van der Waals surface area contributed by atoms with Crippen LogP contribution in [0.25, 0.3) is 0 Å². The standard InChI is InChI=1S/C19H23F3N6/c1-13-23-7-4-14(26-13)11-27-8-5-16(6-9-27)28(15-2-3-15)18-10-17(19(20,21)22)24-12-25-18/h4,7,10,12,15-16H,2-3,5-6,8-9,11H2,1H3. The van der Waals surface area contributed by atoms with Gasteiger partial charge in [-0.3, -0.25) is 4.90 Å². The van der Waals surface area contributed by atoms with Gasteiger partial charge >= 0.3 is 6.18 Å². The maximum atomic E-state index is 13.1. The summed E-state index contributed by atoms with van der Waals surface area (Å²) in [6, 6.07) is 3.51. The SMILES string of the molecule is Cc1nccc(CN2CCC(N(c3cc(C(F)(F)F)ncn3)C3CC3)CC2)n1. The molecule has 2 aromatic rings. The first-order valence-corrected chi connectivity index (χ1v) is 9.58. The molecule has 0 atom stereocenters. The maximum Gasteiger partial charge on any atom is 0.433 e. The van der Waals surface area contributed by atoms with Crippen LogP contribution in [-0.2, 0) is 12.7 Å². The highest BCUT2D eigenvalue weighted by atomic mass is 19.4. The Balaban J connectivity index is 1.43. The number of hydrogen-bond donors (Lipinski definition) is 0. The van der Waals surface area contributed by atoms with Crippen LogP contribution >= 0.6 is 0 Å². The summed E-state index contributed by atoms with van der Waals surface area (Å²) in [4.78, 5) is 20.6. The van der Waals surface area contributed by atoms with Crippen LogP contribution in [-0.4, -0.2) is 50.0 Å². The normalized spacial score (nSPS) is 19.0. The molecule has 28 heavy (non-hydrogen) atoms. The Hall–Kier alpha value is -2.29. The molecular weight excluding hydrogens is 369 g/mol. The van der Waals surface area contributed by atoms with E-state index in [1.165, 1.54) is 0 Å². The lowest BCUT2D eigenvalue weighted by atomic mass is 10.0. The molecule has 0 bridgehead atoms. The molecule has 3 heterocycles. The molecule has 2 aromatic heterocycles. The molecule has 0 spiro atoms. The van der Waals surface area contributed by atoms with Crippen molar-refractivity contribution in [2.75, 3.05) is 18.0 Å². The lowest BCUT2D eigenvalue weighted by molar-refractivity contribution is -0.141. The van der Waals surface area contributed by atoms with Crippen LogP contribution in [0, 0.1) is 6.92 Å². The largest absolute Gasteiger partial charge is 0.433 e. The highest BCUT2D eigenvalue weighted by Gasteiger charge is 2.38.